The van der Waals surface area contributed by atoms with Gasteiger partial charge in [-0.15, -0.1) is 0 Å². The van der Waals surface area contributed by atoms with E-state index in [0.29, 0.717) is 48.0 Å². The van der Waals surface area contributed by atoms with Crippen LogP contribution in [0.5, 0.6) is 0 Å². The predicted molar refractivity (Wildman–Crippen MR) is 219 cm³/mol. The Kier molecular flexibility index (Phi) is 35.1. The van der Waals surface area contributed by atoms with Crippen LogP contribution in [0, 0.1) is 47.3 Å². The van der Waals surface area contributed by atoms with Crippen LogP contribution in [-0.4, -0.2) is 43.6 Å². The molecule has 0 fully saturated rings. The van der Waals surface area contributed by atoms with Crippen LogP contribution >= 0.6 is 0 Å². The summed E-state index contributed by atoms with van der Waals surface area (Å²) in [5, 5.41) is 38.7. The normalized spacial score (nSPS) is 13.2. The molecule has 0 aliphatic carbocycles. The van der Waals surface area contributed by atoms with Crippen LogP contribution in [-0.2, 0) is 45.4 Å². The van der Waals surface area contributed by atoms with Gasteiger partial charge in [-0.2, -0.15) is 0 Å². The molecule has 0 saturated carbocycles. The molecule has 0 radical (unpaired) electrons. The number of hydrogen-bond acceptors (Lipinski definition) is 8. The smallest absolute Gasteiger partial charge is 0.164 e. The Morgan fingerprint density at radius 2 is 0.415 bits per heavy atom. The van der Waals surface area contributed by atoms with E-state index in [-0.39, 0.29) is 120 Å². The van der Waals surface area contributed by atoms with Gasteiger partial charge in [0, 0.05) is 95.8 Å². The molecular weight excluding hydrogens is 748 g/mol. The van der Waals surface area contributed by atoms with Crippen molar-refractivity contribution in [3.63, 3.8) is 0 Å². The quantitative estimate of drug-likeness (QED) is 0.0887. The van der Waals surface area contributed by atoms with Crippen molar-refractivity contribution < 1.29 is 65.8 Å². The molecule has 0 spiro atoms. The first-order valence-corrected chi connectivity index (χ1v) is 19.5. The van der Waals surface area contributed by atoms with Crippen LogP contribution in [0.2, 0.25) is 0 Å². The van der Waals surface area contributed by atoms with Crippen LogP contribution in [0.1, 0.15) is 164 Å². The van der Waals surface area contributed by atoms with Gasteiger partial charge in [0.25, 0.3) is 0 Å². The third kappa shape index (κ3) is 23.3. The second-order valence-electron chi connectivity index (χ2n) is 15.6. The molecular formula is C44H80O8Zr. The van der Waals surface area contributed by atoms with Crippen molar-refractivity contribution >= 4 is 23.1 Å². The largest absolute Gasteiger partial charge is 0.512 e. The molecule has 53 heavy (non-hydrogen) atoms. The first kappa shape index (κ1) is 60.0. The zero-order chi connectivity index (χ0) is 42.4. The van der Waals surface area contributed by atoms with Crippen LogP contribution < -0.4 is 0 Å². The molecule has 0 amide bonds. The molecule has 0 rings (SSSR count). The molecule has 0 bridgehead atoms. The van der Waals surface area contributed by atoms with Crippen molar-refractivity contribution in [2.24, 2.45) is 47.3 Å². The summed E-state index contributed by atoms with van der Waals surface area (Å²) in [5.74, 6) is 1.29. The number of ketones is 4. The fourth-order valence-corrected chi connectivity index (χ4v) is 4.71. The van der Waals surface area contributed by atoms with Gasteiger partial charge >= 0.3 is 0 Å². The van der Waals surface area contributed by atoms with Gasteiger partial charge in [-0.3, -0.25) is 19.2 Å². The number of hydrogen-bond donors (Lipinski definition) is 4. The molecule has 0 aromatic carbocycles. The van der Waals surface area contributed by atoms with E-state index in [4.69, 9.17) is 0 Å². The first-order chi connectivity index (χ1) is 23.7. The van der Waals surface area contributed by atoms with Crippen molar-refractivity contribution in [3.8, 4) is 0 Å². The summed E-state index contributed by atoms with van der Waals surface area (Å²) in [5.41, 5.74) is 2.35. The maximum absolute atomic E-state index is 11.6. The summed E-state index contributed by atoms with van der Waals surface area (Å²) >= 11 is 0. The van der Waals surface area contributed by atoms with Gasteiger partial charge in [-0.25, -0.2) is 0 Å². The van der Waals surface area contributed by atoms with E-state index >= 15 is 0 Å². The number of allylic oxidation sites excluding steroid dienone is 8. The van der Waals surface area contributed by atoms with E-state index in [2.05, 4.69) is 0 Å². The molecule has 0 aromatic heterocycles. The van der Waals surface area contributed by atoms with Gasteiger partial charge < -0.3 is 20.4 Å². The minimum Gasteiger partial charge on any atom is -0.512 e. The molecule has 0 heterocycles. The molecule has 0 aliphatic heterocycles. The van der Waals surface area contributed by atoms with Gasteiger partial charge in [0.2, 0.25) is 0 Å². The number of rotatable bonds is 16. The average molecular weight is 828 g/mol. The van der Waals surface area contributed by atoms with E-state index < -0.39 is 0 Å². The zero-order valence-corrected chi connectivity index (χ0v) is 39.8. The van der Waals surface area contributed by atoms with E-state index in [9.17, 15) is 39.6 Å². The van der Waals surface area contributed by atoms with E-state index in [1.165, 1.54) is 0 Å². The van der Waals surface area contributed by atoms with Gasteiger partial charge in [-0.05, 0) is 25.7 Å². The topological polar surface area (TPSA) is 149 Å². The van der Waals surface area contributed by atoms with Crippen molar-refractivity contribution in [2.75, 3.05) is 0 Å². The Morgan fingerprint density at radius 3 is 0.472 bits per heavy atom. The molecule has 0 unspecified atom stereocenters. The van der Waals surface area contributed by atoms with Gasteiger partial charge in [-0.1, -0.05) is 138 Å². The number of carbonyl (C=O) groups is 4. The van der Waals surface area contributed by atoms with Crippen molar-refractivity contribution in [1.29, 1.82) is 0 Å². The van der Waals surface area contributed by atoms with Gasteiger partial charge in [0.15, 0.2) is 23.1 Å². The van der Waals surface area contributed by atoms with E-state index in [1.807, 2.05) is 138 Å². The monoisotopic (exact) mass is 826 g/mol. The summed E-state index contributed by atoms with van der Waals surface area (Å²) in [7, 11) is 0. The Bertz CT molecular complexity index is 1050. The van der Waals surface area contributed by atoms with E-state index in [0.717, 1.165) is 0 Å². The summed E-state index contributed by atoms with van der Waals surface area (Å²) in [4.78, 5) is 46.4. The number of carbonyl (C=O) groups excluding carboxylic acids is 4. The predicted octanol–water partition coefficient (Wildman–Crippen LogP) is 12.4. The molecule has 0 atom stereocenters. The Labute approximate surface area is 344 Å². The van der Waals surface area contributed by atoms with Crippen molar-refractivity contribution in [2.45, 2.75) is 164 Å². The molecule has 308 valence electrons. The minimum atomic E-state index is -0.0316. The van der Waals surface area contributed by atoms with Crippen LogP contribution in [0.15, 0.2) is 45.3 Å². The maximum atomic E-state index is 11.6. The number of aliphatic hydroxyl groups excluding tert-OH is 4. The molecule has 8 nitrogen and oxygen atoms in total. The van der Waals surface area contributed by atoms with Crippen LogP contribution in [0.25, 0.3) is 0 Å². The SMILES string of the molecule is CC/C(C(=O)C(C)C)=C(/O)C(C)C.CC/C(C(=O)C(C)C)=C(/O)C(C)C.CC/C(C(=O)C(C)C)=C(/O)C(C)C.CC/C(C(=O)C(C)C)=C(/O)C(C)C.[Zr]. The summed E-state index contributed by atoms with van der Waals surface area (Å²) in [6.45, 7) is 37.5. The van der Waals surface area contributed by atoms with E-state index in [1.54, 1.807) is 0 Å². The van der Waals surface area contributed by atoms with Crippen LogP contribution in [0.4, 0.5) is 0 Å². The first-order valence-electron chi connectivity index (χ1n) is 19.5. The number of Topliss-reactive ketones (excluding diaryl/α,β-unsaturated/α-hetero) is 4. The maximum Gasteiger partial charge on any atom is 0.164 e. The Balaban J connectivity index is -0.000000192. The Morgan fingerprint density at radius 1 is 0.302 bits per heavy atom. The third-order valence-electron chi connectivity index (χ3n) is 8.13. The Hall–Kier alpha value is -2.28. The summed E-state index contributed by atoms with van der Waals surface area (Å²) in [6.07, 6.45) is 2.45. The van der Waals surface area contributed by atoms with Crippen molar-refractivity contribution in [1.82, 2.24) is 0 Å². The van der Waals surface area contributed by atoms with Gasteiger partial charge in [0.1, 0.15) is 23.0 Å². The molecule has 4 N–H and O–H groups in total. The molecule has 9 heteroatoms. The minimum absolute atomic E-state index is 0. The second-order valence-corrected chi connectivity index (χ2v) is 15.6. The third-order valence-corrected chi connectivity index (χ3v) is 8.13. The summed E-state index contributed by atoms with van der Waals surface area (Å²) < 4.78 is 0. The molecule has 0 saturated heterocycles. The van der Waals surface area contributed by atoms with Crippen molar-refractivity contribution in [3.05, 3.63) is 45.3 Å². The fraction of sp³-hybridized carbons (Fsp3) is 0.727. The van der Waals surface area contributed by atoms with Gasteiger partial charge in [0.05, 0.1) is 0 Å². The second kappa shape index (κ2) is 31.0. The standard InChI is InChI=1S/4C11H20O2.Zr/c4*1-6-9(10(12)7(2)3)11(13)8(4)5;/h4*7-8,12H,6H2,1-5H3;/b4*10-9-;. The fourth-order valence-electron chi connectivity index (χ4n) is 4.71. The molecule has 0 aromatic rings. The zero-order valence-electron chi connectivity index (χ0n) is 37.4. The van der Waals surface area contributed by atoms with Crippen LogP contribution in [0.3, 0.4) is 0 Å². The molecule has 0 aliphatic rings. The average Bonchev–Trinajstić information content (AvgIpc) is 3.05. The summed E-state index contributed by atoms with van der Waals surface area (Å²) in [6, 6.07) is 0. The number of aliphatic hydroxyl groups is 4.